The molecule has 1 aliphatic heterocycles. The van der Waals surface area contributed by atoms with E-state index in [1.807, 2.05) is 0 Å². The fourth-order valence-corrected chi connectivity index (χ4v) is 2.76. The topological polar surface area (TPSA) is 153 Å². The van der Waals surface area contributed by atoms with Crippen molar-refractivity contribution in [3.05, 3.63) is 50.2 Å². The minimum absolute atomic E-state index is 0.0300. The molecule has 1 aromatic carbocycles. The van der Waals surface area contributed by atoms with Gasteiger partial charge in [-0.1, -0.05) is 10.2 Å². The summed E-state index contributed by atoms with van der Waals surface area (Å²) in [6.45, 7) is 0.704. The molecule has 2 rings (SSSR count). The predicted octanol–water partition coefficient (Wildman–Crippen LogP) is 2.70. The lowest BCUT2D eigenvalue weighted by Crippen LogP contribution is -2.56. The van der Waals surface area contributed by atoms with Crippen LogP contribution < -0.4 is 0 Å². The first-order valence-corrected chi connectivity index (χ1v) is 7.63. The fourth-order valence-electron chi connectivity index (χ4n) is 2.76. The van der Waals surface area contributed by atoms with E-state index in [1.54, 1.807) is 17.0 Å². The molecule has 0 spiro atoms. The molecule has 1 atom stereocenters. The van der Waals surface area contributed by atoms with E-state index in [0.29, 0.717) is 24.2 Å². The third-order valence-electron chi connectivity index (χ3n) is 4.01. The average molecular weight is 359 g/mol. The van der Waals surface area contributed by atoms with Gasteiger partial charge in [0, 0.05) is 47.2 Å². The van der Waals surface area contributed by atoms with Crippen molar-refractivity contribution in [1.82, 2.24) is 4.90 Å². The number of benzene rings is 1. The summed E-state index contributed by atoms with van der Waals surface area (Å²) in [5, 5.41) is 6.96. The maximum absolute atomic E-state index is 12.6. The summed E-state index contributed by atoms with van der Waals surface area (Å²) in [6.07, 6.45) is -0.723. The van der Waals surface area contributed by atoms with Gasteiger partial charge in [0.2, 0.25) is 0 Å². The van der Waals surface area contributed by atoms with Gasteiger partial charge in [-0.05, 0) is 34.8 Å². The Bertz CT molecular complexity index is 793. The molecule has 1 saturated heterocycles. The third kappa shape index (κ3) is 4.22. The zero-order valence-electron chi connectivity index (χ0n) is 14.3. The summed E-state index contributed by atoms with van der Waals surface area (Å²) in [6, 6.07) is 4.58. The average Bonchev–Trinajstić information content (AvgIpc) is 2.61. The zero-order valence-corrected chi connectivity index (χ0v) is 14.3. The number of azide groups is 2. The van der Waals surface area contributed by atoms with Crippen LogP contribution in [-0.4, -0.2) is 50.2 Å². The van der Waals surface area contributed by atoms with E-state index in [9.17, 15) is 9.59 Å². The summed E-state index contributed by atoms with van der Waals surface area (Å²) in [7, 11) is 2.69. The molecule has 0 saturated carbocycles. The molecule has 1 heterocycles. The molecule has 0 aromatic heterocycles. The summed E-state index contributed by atoms with van der Waals surface area (Å²) in [5.41, 5.74) is 18.2. The molecule has 0 N–H and O–H groups in total. The van der Waals surface area contributed by atoms with E-state index in [1.165, 1.54) is 20.3 Å². The second kappa shape index (κ2) is 8.72. The van der Waals surface area contributed by atoms with Gasteiger partial charge < -0.3 is 14.4 Å². The van der Waals surface area contributed by atoms with Gasteiger partial charge in [-0.25, -0.2) is 4.79 Å². The molecule has 1 unspecified atom stereocenters. The van der Waals surface area contributed by atoms with Gasteiger partial charge in [0.05, 0.1) is 13.7 Å². The summed E-state index contributed by atoms with van der Waals surface area (Å²) in [4.78, 5) is 31.2. The lowest BCUT2D eigenvalue weighted by molar-refractivity contribution is -0.159. The highest BCUT2D eigenvalue weighted by Gasteiger charge is 2.40. The largest absolute Gasteiger partial charge is 0.467 e. The van der Waals surface area contributed by atoms with Crippen LogP contribution in [0.5, 0.6) is 0 Å². The molecule has 0 aliphatic carbocycles. The highest BCUT2D eigenvalue weighted by atomic mass is 16.6. The molecule has 1 aromatic rings. The number of esters is 1. The van der Waals surface area contributed by atoms with Crippen molar-refractivity contribution in [2.45, 2.75) is 12.6 Å². The minimum atomic E-state index is -0.723. The second-order valence-electron chi connectivity index (χ2n) is 5.62. The van der Waals surface area contributed by atoms with Crippen molar-refractivity contribution in [2.75, 3.05) is 27.3 Å². The van der Waals surface area contributed by atoms with Crippen molar-refractivity contribution in [1.29, 1.82) is 0 Å². The lowest BCUT2D eigenvalue weighted by Gasteiger charge is -2.41. The number of hydrogen-bond donors (Lipinski definition) is 0. The molecule has 26 heavy (non-hydrogen) atoms. The van der Waals surface area contributed by atoms with Crippen molar-refractivity contribution in [2.24, 2.45) is 16.1 Å². The SMILES string of the molecule is COC(=O)C(OC)C1CN(C(=O)c2cc(CN=[N+]=[N-])cc(N=[N+]=[N-])c2)C1. The van der Waals surface area contributed by atoms with Gasteiger partial charge in [-0.2, -0.15) is 0 Å². The number of methoxy groups -OCH3 is 2. The first kappa shape index (κ1) is 19.1. The maximum atomic E-state index is 12.6. The number of amides is 1. The van der Waals surface area contributed by atoms with Crippen molar-refractivity contribution >= 4 is 17.6 Å². The van der Waals surface area contributed by atoms with E-state index < -0.39 is 12.1 Å². The Labute approximate surface area is 148 Å². The van der Waals surface area contributed by atoms with Gasteiger partial charge in [-0.15, -0.1) is 0 Å². The molecular formula is C15H17N7O4. The molecule has 0 radical (unpaired) electrons. The summed E-state index contributed by atoms with van der Waals surface area (Å²) < 4.78 is 9.82. The monoisotopic (exact) mass is 359 g/mol. The van der Waals surface area contributed by atoms with Crippen LogP contribution in [0.25, 0.3) is 20.9 Å². The summed E-state index contributed by atoms with van der Waals surface area (Å²) >= 11 is 0. The van der Waals surface area contributed by atoms with Crippen LogP contribution >= 0.6 is 0 Å². The number of likely N-dealkylation sites (tertiary alicyclic amines) is 1. The first-order chi connectivity index (χ1) is 12.5. The number of hydrogen-bond acceptors (Lipinski definition) is 6. The van der Waals surface area contributed by atoms with Crippen LogP contribution in [-0.2, 0) is 20.8 Å². The highest BCUT2D eigenvalue weighted by molar-refractivity contribution is 5.96. The number of ether oxygens (including phenoxy) is 2. The van der Waals surface area contributed by atoms with E-state index in [-0.39, 0.29) is 24.1 Å². The number of carbonyl (C=O) groups is 2. The van der Waals surface area contributed by atoms with Gasteiger partial charge in [0.15, 0.2) is 6.10 Å². The molecule has 1 amide bonds. The lowest BCUT2D eigenvalue weighted by atomic mass is 9.92. The normalized spacial score (nSPS) is 14.5. The van der Waals surface area contributed by atoms with Gasteiger partial charge in [0.25, 0.3) is 5.91 Å². The van der Waals surface area contributed by atoms with E-state index in [0.717, 1.165) is 0 Å². The van der Waals surface area contributed by atoms with E-state index in [4.69, 9.17) is 15.8 Å². The van der Waals surface area contributed by atoms with Crippen molar-refractivity contribution in [3.63, 3.8) is 0 Å². The molecule has 1 fully saturated rings. The molecule has 11 heteroatoms. The fraction of sp³-hybridized carbons (Fsp3) is 0.467. The molecular weight excluding hydrogens is 342 g/mol. The van der Waals surface area contributed by atoms with Crippen LogP contribution in [0.1, 0.15) is 15.9 Å². The van der Waals surface area contributed by atoms with E-state index >= 15 is 0 Å². The Hall–Kier alpha value is -3.26. The molecule has 136 valence electrons. The van der Waals surface area contributed by atoms with Gasteiger partial charge in [-0.3, -0.25) is 4.79 Å². The maximum Gasteiger partial charge on any atom is 0.335 e. The van der Waals surface area contributed by atoms with Gasteiger partial charge >= 0.3 is 5.97 Å². The quantitative estimate of drug-likeness (QED) is 0.318. The van der Waals surface area contributed by atoms with Crippen LogP contribution in [0, 0.1) is 5.92 Å². The van der Waals surface area contributed by atoms with Crippen LogP contribution in [0.15, 0.2) is 28.4 Å². The van der Waals surface area contributed by atoms with Gasteiger partial charge in [0.1, 0.15) is 0 Å². The smallest absolute Gasteiger partial charge is 0.335 e. The van der Waals surface area contributed by atoms with Crippen molar-refractivity contribution in [3.8, 4) is 0 Å². The second-order valence-corrected chi connectivity index (χ2v) is 5.62. The van der Waals surface area contributed by atoms with Crippen LogP contribution in [0.2, 0.25) is 0 Å². The molecule has 1 aliphatic rings. The Morgan fingerprint density at radius 3 is 2.58 bits per heavy atom. The van der Waals surface area contributed by atoms with Crippen LogP contribution in [0.4, 0.5) is 5.69 Å². The number of carbonyl (C=O) groups excluding carboxylic acids is 2. The first-order valence-electron chi connectivity index (χ1n) is 7.63. The third-order valence-corrected chi connectivity index (χ3v) is 4.01. The number of rotatable bonds is 7. The Morgan fingerprint density at radius 1 is 1.27 bits per heavy atom. The molecule has 0 bridgehead atoms. The zero-order chi connectivity index (χ0) is 19.1. The Morgan fingerprint density at radius 2 is 2.00 bits per heavy atom. The van der Waals surface area contributed by atoms with Crippen LogP contribution in [0.3, 0.4) is 0 Å². The Kier molecular flexibility index (Phi) is 6.40. The predicted molar refractivity (Wildman–Crippen MR) is 90.3 cm³/mol. The Balaban J connectivity index is 2.15. The number of nitrogens with zero attached hydrogens (tertiary/aromatic N) is 7. The molecule has 11 nitrogen and oxygen atoms in total. The minimum Gasteiger partial charge on any atom is -0.467 e. The summed E-state index contributed by atoms with van der Waals surface area (Å²) in [5.74, 6) is -0.913. The van der Waals surface area contributed by atoms with Crippen molar-refractivity contribution < 1.29 is 19.1 Å². The standard InChI is InChI=1S/C15H17N7O4/c1-25-13(15(24)26-2)11-7-22(8-11)14(23)10-3-9(6-18-20-16)4-12(5-10)19-21-17/h3-5,11,13H,6-8H2,1-2H3. The highest BCUT2D eigenvalue weighted by Crippen LogP contribution is 2.26. The van der Waals surface area contributed by atoms with E-state index in [2.05, 4.69) is 24.8 Å².